The van der Waals surface area contributed by atoms with Crippen LogP contribution in [0.3, 0.4) is 0 Å². The second-order valence-corrected chi connectivity index (χ2v) is 5.36. The van der Waals surface area contributed by atoms with E-state index in [1.54, 1.807) is 31.2 Å². The lowest BCUT2D eigenvalue weighted by Crippen LogP contribution is -2.31. The molecule has 2 aromatic rings. The SMILES string of the molecule is Cc1ccc(OCC(=O)N(C)Cc2ccccc2F)c([N+](=O)[O-])c1. The summed E-state index contributed by atoms with van der Waals surface area (Å²) in [6.45, 7) is 1.45. The average molecular weight is 332 g/mol. The zero-order chi connectivity index (χ0) is 17.7. The molecule has 0 heterocycles. The summed E-state index contributed by atoms with van der Waals surface area (Å²) in [5.74, 6) is -0.779. The largest absolute Gasteiger partial charge is 0.477 e. The molecule has 0 bridgehead atoms. The van der Waals surface area contributed by atoms with Crippen molar-refractivity contribution in [2.24, 2.45) is 0 Å². The van der Waals surface area contributed by atoms with Gasteiger partial charge >= 0.3 is 5.69 Å². The van der Waals surface area contributed by atoms with Crippen molar-refractivity contribution in [3.05, 3.63) is 69.5 Å². The molecule has 0 fully saturated rings. The third-order valence-electron chi connectivity index (χ3n) is 3.45. The number of aryl methyl sites for hydroxylation is 1. The van der Waals surface area contributed by atoms with Gasteiger partial charge in [-0.1, -0.05) is 24.3 Å². The number of halogens is 1. The molecule has 0 aliphatic carbocycles. The van der Waals surface area contributed by atoms with Gasteiger partial charge in [0.1, 0.15) is 5.82 Å². The van der Waals surface area contributed by atoms with Gasteiger partial charge in [-0.25, -0.2) is 4.39 Å². The molecule has 24 heavy (non-hydrogen) atoms. The van der Waals surface area contributed by atoms with Crippen molar-refractivity contribution < 1.29 is 18.8 Å². The first-order valence-electron chi connectivity index (χ1n) is 7.23. The van der Waals surface area contributed by atoms with Crippen molar-refractivity contribution in [2.75, 3.05) is 13.7 Å². The number of hydrogen-bond donors (Lipinski definition) is 0. The lowest BCUT2D eigenvalue weighted by Gasteiger charge is -2.18. The van der Waals surface area contributed by atoms with Crippen molar-refractivity contribution in [3.8, 4) is 5.75 Å². The molecule has 2 rings (SSSR count). The Morgan fingerprint density at radius 2 is 2.00 bits per heavy atom. The van der Waals surface area contributed by atoms with Crippen molar-refractivity contribution in [3.63, 3.8) is 0 Å². The van der Waals surface area contributed by atoms with Crippen LogP contribution < -0.4 is 4.74 Å². The van der Waals surface area contributed by atoms with E-state index in [-0.39, 0.29) is 24.6 Å². The summed E-state index contributed by atoms with van der Waals surface area (Å²) in [5, 5.41) is 11.0. The van der Waals surface area contributed by atoms with E-state index in [1.165, 1.54) is 30.1 Å². The maximum Gasteiger partial charge on any atom is 0.311 e. The van der Waals surface area contributed by atoms with E-state index in [9.17, 15) is 19.3 Å². The second-order valence-electron chi connectivity index (χ2n) is 5.36. The monoisotopic (exact) mass is 332 g/mol. The summed E-state index contributed by atoms with van der Waals surface area (Å²) >= 11 is 0. The van der Waals surface area contributed by atoms with Crippen molar-refractivity contribution in [1.29, 1.82) is 0 Å². The first-order chi connectivity index (χ1) is 11.4. The Bertz CT molecular complexity index is 764. The van der Waals surface area contributed by atoms with Crippen LogP contribution in [-0.4, -0.2) is 29.4 Å². The summed E-state index contributed by atoms with van der Waals surface area (Å²) in [7, 11) is 1.52. The number of hydrogen-bond acceptors (Lipinski definition) is 4. The highest BCUT2D eigenvalue weighted by Gasteiger charge is 2.18. The zero-order valence-corrected chi connectivity index (χ0v) is 13.4. The Morgan fingerprint density at radius 1 is 1.29 bits per heavy atom. The molecule has 0 spiro atoms. The van der Waals surface area contributed by atoms with Gasteiger partial charge in [0.15, 0.2) is 12.4 Å². The number of nitrogens with zero attached hydrogens (tertiary/aromatic N) is 2. The van der Waals surface area contributed by atoms with Crippen LogP contribution >= 0.6 is 0 Å². The number of benzene rings is 2. The number of likely N-dealkylation sites (N-methyl/N-ethyl adjacent to an activating group) is 1. The van der Waals surface area contributed by atoms with Crippen LogP contribution in [0.25, 0.3) is 0 Å². The number of carbonyl (C=O) groups excluding carboxylic acids is 1. The van der Waals surface area contributed by atoms with Crippen LogP contribution in [0.4, 0.5) is 10.1 Å². The van der Waals surface area contributed by atoms with Crippen LogP contribution in [0.15, 0.2) is 42.5 Å². The fourth-order valence-electron chi connectivity index (χ4n) is 2.11. The molecule has 0 N–H and O–H groups in total. The van der Waals surface area contributed by atoms with Crippen LogP contribution in [-0.2, 0) is 11.3 Å². The fraction of sp³-hybridized carbons (Fsp3) is 0.235. The van der Waals surface area contributed by atoms with Gasteiger partial charge in [0.05, 0.1) is 4.92 Å². The summed E-state index contributed by atoms with van der Waals surface area (Å²) in [5.41, 5.74) is 0.909. The van der Waals surface area contributed by atoms with E-state index in [0.29, 0.717) is 5.56 Å². The van der Waals surface area contributed by atoms with Gasteiger partial charge < -0.3 is 9.64 Å². The number of amides is 1. The minimum atomic E-state index is -0.560. The van der Waals surface area contributed by atoms with Crippen LogP contribution in [0.1, 0.15) is 11.1 Å². The molecular weight excluding hydrogens is 315 g/mol. The highest BCUT2D eigenvalue weighted by molar-refractivity contribution is 5.77. The molecule has 0 radical (unpaired) electrons. The highest BCUT2D eigenvalue weighted by atomic mass is 19.1. The lowest BCUT2D eigenvalue weighted by atomic mass is 10.2. The van der Waals surface area contributed by atoms with Crippen LogP contribution in [0, 0.1) is 22.9 Å². The number of nitro groups is 1. The molecule has 0 saturated heterocycles. The number of ether oxygens (including phenoxy) is 1. The quantitative estimate of drug-likeness (QED) is 0.602. The summed E-state index contributed by atoms with van der Waals surface area (Å²) in [4.78, 5) is 23.9. The molecule has 0 saturated carbocycles. The van der Waals surface area contributed by atoms with Crippen molar-refractivity contribution >= 4 is 11.6 Å². The number of rotatable bonds is 6. The van der Waals surface area contributed by atoms with Gasteiger partial charge in [0, 0.05) is 25.2 Å². The molecule has 126 valence electrons. The topological polar surface area (TPSA) is 72.7 Å². The smallest absolute Gasteiger partial charge is 0.311 e. The predicted molar refractivity (Wildman–Crippen MR) is 86.2 cm³/mol. The van der Waals surface area contributed by atoms with E-state index in [2.05, 4.69) is 0 Å². The Kier molecular flexibility index (Phi) is 5.47. The Hall–Kier alpha value is -2.96. The van der Waals surface area contributed by atoms with Gasteiger partial charge in [0.2, 0.25) is 0 Å². The third-order valence-corrected chi connectivity index (χ3v) is 3.45. The zero-order valence-electron chi connectivity index (χ0n) is 13.4. The molecule has 0 aliphatic heterocycles. The van der Waals surface area contributed by atoms with Crippen LogP contribution in [0.2, 0.25) is 0 Å². The Labute approximate surface area is 138 Å². The van der Waals surface area contributed by atoms with E-state index >= 15 is 0 Å². The van der Waals surface area contributed by atoms with Crippen LogP contribution in [0.5, 0.6) is 5.75 Å². The van der Waals surface area contributed by atoms with Gasteiger partial charge in [-0.3, -0.25) is 14.9 Å². The molecule has 6 nitrogen and oxygen atoms in total. The molecule has 1 amide bonds. The third kappa shape index (κ3) is 4.28. The van der Waals surface area contributed by atoms with E-state index in [4.69, 9.17) is 4.74 Å². The predicted octanol–water partition coefficient (Wildman–Crippen LogP) is 3.08. The van der Waals surface area contributed by atoms with Crippen molar-refractivity contribution in [2.45, 2.75) is 13.5 Å². The molecule has 7 heteroatoms. The van der Waals surface area contributed by atoms with Gasteiger partial charge in [-0.05, 0) is 24.6 Å². The first kappa shape index (κ1) is 17.4. The lowest BCUT2D eigenvalue weighted by molar-refractivity contribution is -0.385. The molecule has 0 atom stereocenters. The molecule has 0 aromatic heterocycles. The minimum Gasteiger partial charge on any atom is -0.477 e. The maximum absolute atomic E-state index is 13.6. The Morgan fingerprint density at radius 3 is 2.67 bits per heavy atom. The van der Waals surface area contributed by atoms with E-state index in [0.717, 1.165) is 5.56 Å². The number of carbonyl (C=O) groups is 1. The molecule has 2 aromatic carbocycles. The standard InChI is InChI=1S/C17H17FN2O4/c1-12-7-8-16(15(9-12)20(22)23)24-11-17(21)19(2)10-13-5-3-4-6-14(13)18/h3-9H,10-11H2,1-2H3. The van der Waals surface area contributed by atoms with Crippen molar-refractivity contribution in [1.82, 2.24) is 4.90 Å². The summed E-state index contributed by atoms with van der Waals surface area (Å²) in [6, 6.07) is 10.7. The molecule has 0 aliphatic rings. The maximum atomic E-state index is 13.6. The first-order valence-corrected chi connectivity index (χ1v) is 7.23. The van der Waals surface area contributed by atoms with Gasteiger partial charge in [-0.15, -0.1) is 0 Å². The normalized spacial score (nSPS) is 10.3. The summed E-state index contributed by atoms with van der Waals surface area (Å²) in [6.07, 6.45) is 0. The van der Waals surface area contributed by atoms with E-state index < -0.39 is 16.6 Å². The summed E-state index contributed by atoms with van der Waals surface area (Å²) < 4.78 is 18.9. The second kappa shape index (κ2) is 7.54. The highest BCUT2D eigenvalue weighted by Crippen LogP contribution is 2.27. The molecular formula is C17H17FN2O4. The van der Waals surface area contributed by atoms with Gasteiger partial charge in [-0.2, -0.15) is 0 Å². The fourth-order valence-corrected chi connectivity index (χ4v) is 2.11. The Balaban J connectivity index is 2.00. The molecule has 0 unspecified atom stereocenters. The van der Waals surface area contributed by atoms with E-state index in [1.807, 2.05) is 0 Å². The average Bonchev–Trinajstić information content (AvgIpc) is 2.55. The minimum absolute atomic E-state index is 0.0261. The van der Waals surface area contributed by atoms with Gasteiger partial charge in [0.25, 0.3) is 5.91 Å². The number of nitro benzene ring substituents is 1.